The van der Waals surface area contributed by atoms with Crippen LogP contribution in [0.5, 0.6) is 0 Å². The van der Waals surface area contributed by atoms with Gasteiger partial charge >= 0.3 is 5.97 Å². The molecule has 1 N–H and O–H groups in total. The zero-order valence-corrected chi connectivity index (χ0v) is 11.0. The number of aliphatic carboxylic acids is 1. The summed E-state index contributed by atoms with van der Waals surface area (Å²) in [5.74, 6) is -1.16. The molecule has 3 aliphatic rings. The molecule has 2 aliphatic heterocycles. The molecule has 108 valence electrons. The Morgan fingerprint density at radius 2 is 1.84 bits per heavy atom. The lowest BCUT2D eigenvalue weighted by atomic mass is 9.88. The Balaban J connectivity index is 1.61. The summed E-state index contributed by atoms with van der Waals surface area (Å²) in [6.07, 6.45) is 3.59. The van der Waals surface area contributed by atoms with Crippen molar-refractivity contribution in [2.75, 3.05) is 33.0 Å². The summed E-state index contributed by atoms with van der Waals surface area (Å²) < 4.78 is 16.7. The fourth-order valence-electron chi connectivity index (χ4n) is 3.43. The molecular weight excluding hydrogens is 250 g/mol. The molecule has 1 saturated carbocycles. The third-order valence-electron chi connectivity index (χ3n) is 4.45. The Morgan fingerprint density at radius 1 is 1.16 bits per heavy atom. The number of hydrogen-bond acceptors (Lipinski definition) is 5. The van der Waals surface area contributed by atoms with Gasteiger partial charge in [-0.25, -0.2) is 0 Å². The van der Waals surface area contributed by atoms with E-state index in [1.807, 2.05) is 0 Å². The van der Waals surface area contributed by atoms with Crippen LogP contribution in [0, 0.1) is 0 Å². The average molecular weight is 271 g/mol. The monoisotopic (exact) mass is 271 g/mol. The first-order valence-corrected chi connectivity index (χ1v) is 7.04. The molecule has 2 heterocycles. The van der Waals surface area contributed by atoms with Crippen molar-refractivity contribution >= 4 is 5.97 Å². The lowest BCUT2D eigenvalue weighted by Gasteiger charge is -2.44. The normalized spacial score (nSPS) is 32.7. The van der Waals surface area contributed by atoms with Crippen LogP contribution in [0.4, 0.5) is 0 Å². The molecule has 0 aromatic heterocycles. The fraction of sp³-hybridized carbons (Fsp3) is 0.923. The molecule has 1 aliphatic carbocycles. The van der Waals surface area contributed by atoms with E-state index in [1.54, 1.807) is 0 Å². The van der Waals surface area contributed by atoms with E-state index < -0.39 is 12.0 Å². The maximum atomic E-state index is 11.3. The molecule has 1 unspecified atom stereocenters. The second-order valence-corrected chi connectivity index (χ2v) is 5.51. The molecule has 6 heteroatoms. The second kappa shape index (κ2) is 5.36. The molecular formula is C13H21NO5. The van der Waals surface area contributed by atoms with Gasteiger partial charge < -0.3 is 19.3 Å². The van der Waals surface area contributed by atoms with Crippen LogP contribution in [0.3, 0.4) is 0 Å². The van der Waals surface area contributed by atoms with Gasteiger partial charge in [-0.1, -0.05) is 0 Å². The van der Waals surface area contributed by atoms with Crippen molar-refractivity contribution in [3.8, 4) is 0 Å². The smallest absolute Gasteiger partial charge is 0.323 e. The van der Waals surface area contributed by atoms with E-state index in [4.69, 9.17) is 14.2 Å². The molecule has 3 fully saturated rings. The van der Waals surface area contributed by atoms with Crippen molar-refractivity contribution in [2.45, 2.75) is 43.6 Å². The number of rotatable bonds is 2. The van der Waals surface area contributed by atoms with Crippen molar-refractivity contribution in [1.29, 1.82) is 0 Å². The number of hydrogen-bond donors (Lipinski definition) is 1. The molecule has 0 aromatic rings. The Morgan fingerprint density at radius 3 is 2.47 bits per heavy atom. The largest absolute Gasteiger partial charge is 0.480 e. The molecule has 3 rings (SSSR count). The van der Waals surface area contributed by atoms with E-state index in [0.29, 0.717) is 39.0 Å². The van der Waals surface area contributed by atoms with Gasteiger partial charge in [0.25, 0.3) is 0 Å². The number of morpholine rings is 1. The summed E-state index contributed by atoms with van der Waals surface area (Å²) in [7, 11) is 0. The second-order valence-electron chi connectivity index (χ2n) is 5.51. The fourth-order valence-corrected chi connectivity index (χ4v) is 3.43. The number of carboxylic acid groups (broad SMARTS) is 1. The van der Waals surface area contributed by atoms with E-state index >= 15 is 0 Å². The maximum absolute atomic E-state index is 11.3. The number of carbonyl (C=O) groups is 1. The lowest BCUT2D eigenvalue weighted by molar-refractivity contribution is -0.189. The van der Waals surface area contributed by atoms with Crippen LogP contribution in [-0.4, -0.2) is 66.8 Å². The first-order chi connectivity index (χ1) is 9.20. The van der Waals surface area contributed by atoms with Crippen LogP contribution in [0.15, 0.2) is 0 Å². The van der Waals surface area contributed by atoms with Gasteiger partial charge in [-0.05, 0) is 12.8 Å². The summed E-state index contributed by atoms with van der Waals surface area (Å²) in [6, 6.07) is -0.193. The summed E-state index contributed by atoms with van der Waals surface area (Å²) >= 11 is 0. The predicted octanol–water partition coefficient (Wildman–Crippen LogP) is 0.457. The molecule has 1 spiro atoms. The minimum absolute atomic E-state index is 0.296. The highest BCUT2D eigenvalue weighted by Gasteiger charge is 2.43. The quantitative estimate of drug-likeness (QED) is 0.787. The minimum atomic E-state index is -0.784. The Labute approximate surface area is 112 Å². The van der Waals surface area contributed by atoms with Crippen molar-refractivity contribution in [1.82, 2.24) is 4.90 Å². The molecule has 0 aromatic carbocycles. The van der Waals surface area contributed by atoms with E-state index in [9.17, 15) is 9.90 Å². The van der Waals surface area contributed by atoms with E-state index in [1.165, 1.54) is 0 Å². The van der Waals surface area contributed by atoms with Crippen molar-refractivity contribution in [3.63, 3.8) is 0 Å². The van der Waals surface area contributed by atoms with E-state index in [-0.39, 0.29) is 5.79 Å². The molecule has 0 bridgehead atoms. The van der Waals surface area contributed by atoms with E-state index in [2.05, 4.69) is 4.90 Å². The number of carboxylic acids is 1. The van der Waals surface area contributed by atoms with Crippen molar-refractivity contribution in [2.24, 2.45) is 0 Å². The molecule has 0 radical (unpaired) electrons. The van der Waals surface area contributed by atoms with Crippen molar-refractivity contribution < 1.29 is 24.1 Å². The zero-order chi connectivity index (χ0) is 13.3. The van der Waals surface area contributed by atoms with Crippen molar-refractivity contribution in [3.05, 3.63) is 0 Å². The highest BCUT2D eigenvalue weighted by atomic mass is 16.7. The van der Waals surface area contributed by atoms with Gasteiger partial charge in [0.2, 0.25) is 0 Å². The summed E-state index contributed by atoms with van der Waals surface area (Å²) in [5.41, 5.74) is 0. The van der Waals surface area contributed by atoms with Crippen LogP contribution in [0.25, 0.3) is 0 Å². The zero-order valence-electron chi connectivity index (χ0n) is 11.0. The Kier molecular flexibility index (Phi) is 3.75. The summed E-state index contributed by atoms with van der Waals surface area (Å²) in [5, 5.41) is 9.27. The molecule has 6 nitrogen and oxygen atoms in total. The average Bonchev–Trinajstić information content (AvgIpc) is 2.88. The summed E-state index contributed by atoms with van der Waals surface area (Å²) in [6.45, 7) is 2.98. The van der Waals surface area contributed by atoms with Gasteiger partial charge in [0.15, 0.2) is 5.79 Å². The SMILES string of the molecule is O=C(O)C1COCCN1C1CCC2(CC1)OCCO2. The highest BCUT2D eigenvalue weighted by Crippen LogP contribution is 2.38. The van der Waals surface area contributed by atoms with Gasteiger partial charge in [-0.2, -0.15) is 0 Å². The maximum Gasteiger partial charge on any atom is 0.323 e. The first-order valence-electron chi connectivity index (χ1n) is 7.04. The third-order valence-corrected chi connectivity index (χ3v) is 4.45. The van der Waals surface area contributed by atoms with Gasteiger partial charge in [0.05, 0.1) is 26.4 Å². The Hall–Kier alpha value is -0.690. The highest BCUT2D eigenvalue weighted by molar-refractivity contribution is 5.73. The topological polar surface area (TPSA) is 68.2 Å². The molecule has 19 heavy (non-hydrogen) atoms. The third kappa shape index (κ3) is 2.63. The summed E-state index contributed by atoms with van der Waals surface area (Å²) in [4.78, 5) is 13.4. The number of ether oxygens (including phenoxy) is 3. The minimum Gasteiger partial charge on any atom is -0.480 e. The van der Waals surface area contributed by atoms with Gasteiger partial charge in [0.1, 0.15) is 6.04 Å². The molecule has 0 amide bonds. The number of nitrogens with zero attached hydrogens (tertiary/aromatic N) is 1. The predicted molar refractivity (Wildman–Crippen MR) is 65.8 cm³/mol. The molecule has 2 saturated heterocycles. The lowest BCUT2D eigenvalue weighted by Crippen LogP contribution is -2.56. The molecule has 1 atom stereocenters. The van der Waals surface area contributed by atoms with Crippen LogP contribution in [0.1, 0.15) is 25.7 Å². The Bertz CT molecular complexity index is 332. The first kappa shape index (κ1) is 13.3. The van der Waals surface area contributed by atoms with Crippen LogP contribution < -0.4 is 0 Å². The van der Waals surface area contributed by atoms with Gasteiger partial charge in [-0.15, -0.1) is 0 Å². The van der Waals surface area contributed by atoms with E-state index in [0.717, 1.165) is 25.7 Å². The van der Waals surface area contributed by atoms with Crippen LogP contribution in [0.2, 0.25) is 0 Å². The van der Waals surface area contributed by atoms with Gasteiger partial charge in [0, 0.05) is 25.4 Å². The van der Waals surface area contributed by atoms with Crippen LogP contribution >= 0.6 is 0 Å². The van der Waals surface area contributed by atoms with Crippen LogP contribution in [-0.2, 0) is 19.0 Å². The standard InChI is InChI=1S/C13H21NO5/c15-12(16)11-9-17-6-5-14(11)10-1-3-13(4-2-10)18-7-8-19-13/h10-11H,1-9H2,(H,15,16). The van der Waals surface area contributed by atoms with Gasteiger partial charge in [-0.3, -0.25) is 9.69 Å².